The summed E-state index contributed by atoms with van der Waals surface area (Å²) in [6.45, 7) is 3.77. The molecule has 1 aliphatic rings. The summed E-state index contributed by atoms with van der Waals surface area (Å²) in [6.07, 6.45) is 2.23. The minimum absolute atomic E-state index is 0.0593. The van der Waals surface area contributed by atoms with Crippen LogP contribution in [0.15, 0.2) is 24.3 Å². The molecule has 1 unspecified atom stereocenters. The third-order valence-electron chi connectivity index (χ3n) is 3.40. The van der Waals surface area contributed by atoms with Crippen LogP contribution >= 0.6 is 11.6 Å². The van der Waals surface area contributed by atoms with E-state index in [-0.39, 0.29) is 11.8 Å². The Labute approximate surface area is 108 Å². The highest BCUT2D eigenvalue weighted by Crippen LogP contribution is 2.27. The molecule has 1 amide bonds. The first-order chi connectivity index (χ1) is 8.20. The maximum absolute atomic E-state index is 11.6. The number of aryl methyl sites for hydroxylation is 1. The quantitative estimate of drug-likeness (QED) is 0.740. The van der Waals surface area contributed by atoms with Crippen molar-refractivity contribution in [1.29, 1.82) is 0 Å². The molecular weight excluding hydrogens is 234 g/mol. The summed E-state index contributed by atoms with van der Waals surface area (Å²) in [5.74, 6) is 0.625. The summed E-state index contributed by atoms with van der Waals surface area (Å²) in [7, 11) is 0. The third kappa shape index (κ3) is 3.01. The number of rotatable bonds is 2. The van der Waals surface area contributed by atoms with E-state index in [0.29, 0.717) is 5.92 Å². The van der Waals surface area contributed by atoms with Crippen molar-refractivity contribution < 1.29 is 4.79 Å². The molecule has 0 aromatic heterocycles. The van der Waals surface area contributed by atoms with Crippen LogP contribution in [0.5, 0.6) is 0 Å². The lowest BCUT2D eigenvalue weighted by Crippen LogP contribution is -2.39. The number of likely N-dealkylation sites (tertiary alicyclic amines) is 1. The fraction of sp³-hybridized carbons (Fsp3) is 0.500. The number of carbonyl (C=O) groups excluding carboxylic acids is 1. The number of amides is 1. The van der Waals surface area contributed by atoms with Crippen molar-refractivity contribution in [2.45, 2.75) is 25.7 Å². The van der Waals surface area contributed by atoms with Crippen molar-refractivity contribution >= 4 is 17.5 Å². The highest BCUT2D eigenvalue weighted by Gasteiger charge is 2.23. The van der Waals surface area contributed by atoms with Crippen LogP contribution in [0.25, 0.3) is 0 Å². The van der Waals surface area contributed by atoms with Gasteiger partial charge in [0.1, 0.15) is 5.88 Å². The van der Waals surface area contributed by atoms with E-state index < -0.39 is 0 Å². The van der Waals surface area contributed by atoms with E-state index in [2.05, 4.69) is 31.2 Å². The number of piperidine rings is 1. The second kappa shape index (κ2) is 5.54. The van der Waals surface area contributed by atoms with Gasteiger partial charge in [-0.15, -0.1) is 11.6 Å². The average Bonchev–Trinajstić information content (AvgIpc) is 2.38. The maximum atomic E-state index is 11.6. The zero-order chi connectivity index (χ0) is 12.3. The summed E-state index contributed by atoms with van der Waals surface area (Å²) in [5.41, 5.74) is 2.63. The van der Waals surface area contributed by atoms with E-state index in [9.17, 15) is 4.79 Å². The van der Waals surface area contributed by atoms with Crippen molar-refractivity contribution in [3.05, 3.63) is 35.4 Å². The fourth-order valence-electron chi connectivity index (χ4n) is 2.48. The molecule has 17 heavy (non-hydrogen) atoms. The Hall–Kier alpha value is -1.02. The SMILES string of the molecule is Cc1cccc(C2CCCN(C(=O)CCl)C2)c1. The van der Waals surface area contributed by atoms with Gasteiger partial charge in [0.15, 0.2) is 0 Å². The fourth-order valence-corrected chi connectivity index (χ4v) is 2.65. The predicted octanol–water partition coefficient (Wildman–Crippen LogP) is 2.94. The van der Waals surface area contributed by atoms with Gasteiger partial charge in [-0.3, -0.25) is 4.79 Å². The lowest BCUT2D eigenvalue weighted by atomic mass is 9.90. The Morgan fingerprint density at radius 1 is 1.53 bits per heavy atom. The van der Waals surface area contributed by atoms with Gasteiger partial charge in [0, 0.05) is 19.0 Å². The number of hydrogen-bond donors (Lipinski definition) is 0. The summed E-state index contributed by atoms with van der Waals surface area (Å²) < 4.78 is 0. The van der Waals surface area contributed by atoms with Crippen LogP contribution < -0.4 is 0 Å². The van der Waals surface area contributed by atoms with E-state index in [1.807, 2.05) is 4.90 Å². The van der Waals surface area contributed by atoms with Gasteiger partial charge in [-0.05, 0) is 25.3 Å². The molecule has 1 aromatic carbocycles. The molecule has 2 rings (SSSR count). The molecule has 1 saturated heterocycles. The summed E-state index contributed by atoms with van der Waals surface area (Å²) in [5, 5.41) is 0. The smallest absolute Gasteiger partial charge is 0.237 e. The van der Waals surface area contributed by atoms with Gasteiger partial charge in [0.2, 0.25) is 5.91 Å². The summed E-state index contributed by atoms with van der Waals surface area (Å²) >= 11 is 5.61. The topological polar surface area (TPSA) is 20.3 Å². The van der Waals surface area contributed by atoms with Gasteiger partial charge in [-0.2, -0.15) is 0 Å². The minimum atomic E-state index is 0.0593. The first kappa shape index (κ1) is 12.4. The van der Waals surface area contributed by atoms with Crippen LogP contribution in [0.4, 0.5) is 0 Å². The van der Waals surface area contributed by atoms with Crippen LogP contribution in [0.1, 0.15) is 29.9 Å². The highest BCUT2D eigenvalue weighted by molar-refractivity contribution is 6.27. The van der Waals surface area contributed by atoms with E-state index >= 15 is 0 Å². The van der Waals surface area contributed by atoms with Crippen LogP contribution in [0.3, 0.4) is 0 Å². The molecule has 0 radical (unpaired) electrons. The highest BCUT2D eigenvalue weighted by atomic mass is 35.5. The summed E-state index contributed by atoms with van der Waals surface area (Å²) in [4.78, 5) is 13.5. The number of benzene rings is 1. The lowest BCUT2D eigenvalue weighted by Gasteiger charge is -2.32. The zero-order valence-corrected chi connectivity index (χ0v) is 10.9. The van der Waals surface area contributed by atoms with Gasteiger partial charge in [0.25, 0.3) is 0 Å². The van der Waals surface area contributed by atoms with Gasteiger partial charge in [0.05, 0.1) is 0 Å². The zero-order valence-electron chi connectivity index (χ0n) is 10.2. The van der Waals surface area contributed by atoms with E-state index in [0.717, 1.165) is 25.9 Å². The van der Waals surface area contributed by atoms with E-state index in [1.54, 1.807) is 0 Å². The van der Waals surface area contributed by atoms with Crippen LogP contribution in [0.2, 0.25) is 0 Å². The molecule has 0 aliphatic carbocycles. The summed E-state index contributed by atoms with van der Waals surface area (Å²) in [6, 6.07) is 8.58. The molecule has 1 aliphatic heterocycles. The van der Waals surface area contributed by atoms with Crippen molar-refractivity contribution in [2.75, 3.05) is 19.0 Å². The first-order valence-corrected chi connectivity index (χ1v) is 6.64. The van der Waals surface area contributed by atoms with Gasteiger partial charge in [-0.1, -0.05) is 29.8 Å². The largest absolute Gasteiger partial charge is 0.341 e. The van der Waals surface area contributed by atoms with Gasteiger partial charge < -0.3 is 4.90 Å². The van der Waals surface area contributed by atoms with Crippen LogP contribution in [-0.4, -0.2) is 29.8 Å². The molecule has 2 nitrogen and oxygen atoms in total. The third-order valence-corrected chi connectivity index (χ3v) is 3.63. The maximum Gasteiger partial charge on any atom is 0.237 e. The molecule has 0 bridgehead atoms. The Bertz CT molecular complexity index is 405. The molecule has 1 aromatic rings. The van der Waals surface area contributed by atoms with Gasteiger partial charge in [-0.25, -0.2) is 0 Å². The van der Waals surface area contributed by atoms with Crippen LogP contribution in [0, 0.1) is 6.92 Å². The number of alkyl halides is 1. The standard InChI is InChI=1S/C14H18ClNO/c1-11-4-2-5-12(8-11)13-6-3-7-16(10-13)14(17)9-15/h2,4-5,8,13H,3,6-7,9-10H2,1H3. The van der Waals surface area contributed by atoms with Crippen LogP contribution in [-0.2, 0) is 4.79 Å². The normalized spacial score (nSPS) is 20.4. The Balaban J connectivity index is 2.09. The Morgan fingerprint density at radius 3 is 3.06 bits per heavy atom. The average molecular weight is 252 g/mol. The second-order valence-electron chi connectivity index (χ2n) is 4.73. The molecule has 0 N–H and O–H groups in total. The number of nitrogens with zero attached hydrogens (tertiary/aromatic N) is 1. The number of carbonyl (C=O) groups is 1. The van der Waals surface area contributed by atoms with Gasteiger partial charge >= 0.3 is 0 Å². The van der Waals surface area contributed by atoms with Crippen molar-refractivity contribution in [3.63, 3.8) is 0 Å². The number of halogens is 1. The van der Waals surface area contributed by atoms with E-state index in [4.69, 9.17) is 11.6 Å². The molecule has 1 fully saturated rings. The molecule has 0 spiro atoms. The predicted molar refractivity (Wildman–Crippen MR) is 70.5 cm³/mol. The Kier molecular flexibility index (Phi) is 4.06. The van der Waals surface area contributed by atoms with E-state index in [1.165, 1.54) is 11.1 Å². The van der Waals surface area contributed by atoms with Crippen molar-refractivity contribution in [2.24, 2.45) is 0 Å². The Morgan fingerprint density at radius 2 is 2.35 bits per heavy atom. The molecule has 92 valence electrons. The van der Waals surface area contributed by atoms with Crippen molar-refractivity contribution in [3.8, 4) is 0 Å². The molecule has 0 saturated carbocycles. The molecule has 1 atom stereocenters. The van der Waals surface area contributed by atoms with Crippen molar-refractivity contribution in [1.82, 2.24) is 4.90 Å². The monoisotopic (exact) mass is 251 g/mol. The molecule has 3 heteroatoms. The first-order valence-electron chi connectivity index (χ1n) is 6.11. The second-order valence-corrected chi connectivity index (χ2v) is 4.99. The minimum Gasteiger partial charge on any atom is -0.341 e. The molecule has 1 heterocycles. The lowest BCUT2D eigenvalue weighted by molar-refractivity contribution is -0.129. The number of hydrogen-bond acceptors (Lipinski definition) is 1. The molecular formula is C14H18ClNO.